The Morgan fingerprint density at radius 2 is 2.18 bits per heavy atom. The van der Waals surface area contributed by atoms with Crippen molar-refractivity contribution >= 4 is 22.9 Å². The minimum absolute atomic E-state index is 0.545. The Morgan fingerprint density at radius 1 is 1.45 bits per heavy atom. The molecule has 4 heteroatoms. The number of halogens is 1. The molecule has 0 fully saturated rings. The van der Waals surface area contributed by atoms with Gasteiger partial charge in [-0.1, -0.05) is 25.2 Å². The molecule has 0 saturated carbocycles. The van der Waals surface area contributed by atoms with Crippen LogP contribution in [0.2, 0.25) is 4.47 Å². The van der Waals surface area contributed by atoms with E-state index in [1.165, 1.54) is 11.3 Å². The first-order chi connectivity index (χ1) is 5.18. The number of aryl methyl sites for hydroxylation is 1. The average molecular weight is 191 g/mol. The van der Waals surface area contributed by atoms with Gasteiger partial charge in [0.15, 0.2) is 0 Å². The van der Waals surface area contributed by atoms with Gasteiger partial charge in [0.1, 0.15) is 5.01 Å². The van der Waals surface area contributed by atoms with Crippen LogP contribution < -0.4 is 0 Å². The fraction of sp³-hybridized carbons (Fsp3) is 0.714. The summed E-state index contributed by atoms with van der Waals surface area (Å²) in [4.78, 5) is 0. The Balaban J connectivity index is 2.39. The van der Waals surface area contributed by atoms with Gasteiger partial charge < -0.3 is 0 Å². The quantitative estimate of drug-likeness (QED) is 0.733. The average Bonchev–Trinajstić information content (AvgIpc) is 2.31. The smallest absolute Gasteiger partial charge is 0.142 e. The van der Waals surface area contributed by atoms with E-state index < -0.39 is 0 Å². The van der Waals surface area contributed by atoms with E-state index in [9.17, 15) is 0 Å². The Bertz CT molecular complexity index is 222. The molecule has 0 aliphatic rings. The highest BCUT2D eigenvalue weighted by Gasteiger charge is 2.02. The van der Waals surface area contributed by atoms with E-state index in [-0.39, 0.29) is 0 Å². The van der Waals surface area contributed by atoms with Crippen molar-refractivity contribution in [3.8, 4) is 0 Å². The molecule has 0 atom stereocenters. The lowest BCUT2D eigenvalue weighted by Crippen LogP contribution is -1.91. The molecule has 1 aromatic heterocycles. The Labute approximate surface area is 75.6 Å². The summed E-state index contributed by atoms with van der Waals surface area (Å²) < 4.78 is 0.545. The molecule has 0 amide bonds. The predicted octanol–water partition coefficient (Wildman–Crippen LogP) is 2.78. The van der Waals surface area contributed by atoms with Crippen molar-refractivity contribution in [2.24, 2.45) is 5.92 Å². The fourth-order valence-electron chi connectivity index (χ4n) is 0.746. The van der Waals surface area contributed by atoms with Crippen LogP contribution in [0.15, 0.2) is 0 Å². The summed E-state index contributed by atoms with van der Waals surface area (Å²) in [6.07, 6.45) is 2.16. The van der Waals surface area contributed by atoms with Gasteiger partial charge in [0.2, 0.25) is 4.47 Å². The van der Waals surface area contributed by atoms with Gasteiger partial charge in [0, 0.05) is 6.42 Å². The summed E-state index contributed by atoms with van der Waals surface area (Å²) in [7, 11) is 0. The van der Waals surface area contributed by atoms with Crippen LogP contribution in [0.5, 0.6) is 0 Å². The number of hydrogen-bond donors (Lipinski definition) is 0. The largest absolute Gasteiger partial charge is 0.207 e. The first-order valence-corrected chi connectivity index (χ1v) is 4.86. The summed E-state index contributed by atoms with van der Waals surface area (Å²) in [5.74, 6) is 0.720. The van der Waals surface area contributed by atoms with Gasteiger partial charge in [-0.2, -0.15) is 0 Å². The summed E-state index contributed by atoms with van der Waals surface area (Å²) in [6.45, 7) is 4.39. The van der Waals surface area contributed by atoms with E-state index in [2.05, 4.69) is 24.0 Å². The second-order valence-corrected chi connectivity index (χ2v) is 4.53. The molecule has 2 nitrogen and oxygen atoms in total. The SMILES string of the molecule is CC(C)CCc1nnc(Cl)s1. The van der Waals surface area contributed by atoms with Crippen molar-refractivity contribution in [2.45, 2.75) is 26.7 Å². The summed E-state index contributed by atoms with van der Waals surface area (Å²) in [5, 5.41) is 8.70. The number of rotatable bonds is 3. The molecule has 0 spiro atoms. The predicted molar refractivity (Wildman–Crippen MR) is 48.1 cm³/mol. The standard InChI is InChI=1S/C7H11ClN2S/c1-5(2)3-4-6-9-10-7(8)11-6/h5H,3-4H2,1-2H3. The number of aromatic nitrogens is 2. The zero-order valence-corrected chi connectivity index (χ0v) is 8.24. The van der Waals surface area contributed by atoms with Gasteiger partial charge in [-0.3, -0.25) is 0 Å². The third-order valence-corrected chi connectivity index (χ3v) is 2.46. The molecule has 11 heavy (non-hydrogen) atoms. The fourth-order valence-corrected chi connectivity index (χ4v) is 1.63. The van der Waals surface area contributed by atoms with Crippen molar-refractivity contribution in [3.63, 3.8) is 0 Å². The molecule has 0 saturated heterocycles. The molecule has 0 aliphatic heterocycles. The molecule has 1 aromatic rings. The van der Waals surface area contributed by atoms with Crippen LogP contribution in [-0.2, 0) is 6.42 Å². The van der Waals surface area contributed by atoms with E-state index >= 15 is 0 Å². The zero-order chi connectivity index (χ0) is 8.27. The second-order valence-electron chi connectivity index (χ2n) is 2.88. The lowest BCUT2D eigenvalue weighted by Gasteiger charge is -1.99. The van der Waals surface area contributed by atoms with Crippen LogP contribution in [0.4, 0.5) is 0 Å². The first-order valence-electron chi connectivity index (χ1n) is 3.66. The first kappa shape index (κ1) is 8.94. The third kappa shape index (κ3) is 3.16. The van der Waals surface area contributed by atoms with Crippen LogP contribution in [0.1, 0.15) is 25.3 Å². The Morgan fingerprint density at radius 3 is 2.64 bits per heavy atom. The Hall–Kier alpha value is -0.150. The maximum Gasteiger partial charge on any atom is 0.207 e. The van der Waals surface area contributed by atoms with Gasteiger partial charge in [0.25, 0.3) is 0 Å². The van der Waals surface area contributed by atoms with E-state index in [0.29, 0.717) is 4.47 Å². The number of hydrogen-bond acceptors (Lipinski definition) is 3. The Kier molecular flexibility index (Phi) is 3.27. The summed E-state index contributed by atoms with van der Waals surface area (Å²) in [5.41, 5.74) is 0. The zero-order valence-electron chi connectivity index (χ0n) is 6.67. The maximum atomic E-state index is 5.62. The monoisotopic (exact) mass is 190 g/mol. The summed E-state index contributed by atoms with van der Waals surface area (Å²) in [6, 6.07) is 0. The van der Waals surface area contributed by atoms with Crippen molar-refractivity contribution in [1.29, 1.82) is 0 Å². The minimum atomic E-state index is 0.545. The van der Waals surface area contributed by atoms with E-state index in [0.717, 1.165) is 23.8 Å². The number of nitrogens with zero attached hydrogens (tertiary/aromatic N) is 2. The molecule has 0 unspecified atom stereocenters. The van der Waals surface area contributed by atoms with E-state index in [1.807, 2.05) is 0 Å². The van der Waals surface area contributed by atoms with E-state index in [4.69, 9.17) is 11.6 Å². The molecular weight excluding hydrogens is 180 g/mol. The third-order valence-electron chi connectivity index (χ3n) is 1.38. The van der Waals surface area contributed by atoms with Gasteiger partial charge >= 0.3 is 0 Å². The normalized spacial score (nSPS) is 10.9. The van der Waals surface area contributed by atoms with Gasteiger partial charge in [-0.25, -0.2) is 0 Å². The minimum Gasteiger partial charge on any atom is -0.142 e. The van der Waals surface area contributed by atoms with Crippen LogP contribution in [0.3, 0.4) is 0 Å². The maximum absolute atomic E-state index is 5.62. The molecule has 1 heterocycles. The highest BCUT2D eigenvalue weighted by molar-refractivity contribution is 7.15. The van der Waals surface area contributed by atoms with Crippen LogP contribution in [0.25, 0.3) is 0 Å². The van der Waals surface area contributed by atoms with Crippen molar-refractivity contribution in [2.75, 3.05) is 0 Å². The van der Waals surface area contributed by atoms with Crippen molar-refractivity contribution in [1.82, 2.24) is 10.2 Å². The van der Waals surface area contributed by atoms with Crippen molar-refractivity contribution in [3.05, 3.63) is 9.47 Å². The molecule has 1 rings (SSSR count). The van der Waals surface area contributed by atoms with E-state index in [1.54, 1.807) is 0 Å². The lowest BCUT2D eigenvalue weighted by atomic mass is 10.1. The topological polar surface area (TPSA) is 25.8 Å². The van der Waals surface area contributed by atoms with Gasteiger partial charge in [0.05, 0.1) is 0 Å². The molecule has 0 N–H and O–H groups in total. The van der Waals surface area contributed by atoms with Crippen molar-refractivity contribution < 1.29 is 0 Å². The molecule has 0 aliphatic carbocycles. The van der Waals surface area contributed by atoms with Gasteiger partial charge in [-0.05, 0) is 23.9 Å². The summed E-state index contributed by atoms with van der Waals surface area (Å²) >= 11 is 7.09. The molecule has 0 bridgehead atoms. The highest BCUT2D eigenvalue weighted by atomic mass is 35.5. The van der Waals surface area contributed by atoms with Gasteiger partial charge in [-0.15, -0.1) is 10.2 Å². The van der Waals surface area contributed by atoms with Crippen LogP contribution in [-0.4, -0.2) is 10.2 Å². The molecular formula is C7H11ClN2S. The molecule has 0 aromatic carbocycles. The lowest BCUT2D eigenvalue weighted by molar-refractivity contribution is 0.584. The van der Waals surface area contributed by atoms with Crippen LogP contribution in [0, 0.1) is 5.92 Å². The molecule has 0 radical (unpaired) electrons. The van der Waals surface area contributed by atoms with Crippen LogP contribution >= 0.6 is 22.9 Å². The molecule has 62 valence electrons. The highest BCUT2D eigenvalue weighted by Crippen LogP contribution is 2.17. The second kappa shape index (κ2) is 4.02.